The number of aliphatic hydroxyl groups is 1. The van der Waals surface area contributed by atoms with Crippen LogP contribution in [0.3, 0.4) is 0 Å². The van der Waals surface area contributed by atoms with Crippen molar-refractivity contribution in [3.63, 3.8) is 0 Å². The minimum atomic E-state index is -0.599. The van der Waals surface area contributed by atoms with Crippen LogP contribution in [0.25, 0.3) is 0 Å². The quantitative estimate of drug-likeness (QED) is 0.687. The highest BCUT2D eigenvalue weighted by atomic mass is 16.3. The molecule has 1 aromatic carbocycles. The third-order valence-electron chi connectivity index (χ3n) is 2.36. The van der Waals surface area contributed by atoms with Gasteiger partial charge in [0.25, 0.3) is 0 Å². The average molecular weight is 230 g/mol. The molecular weight excluding hydrogens is 216 g/mol. The van der Waals surface area contributed by atoms with E-state index in [0.29, 0.717) is 18.1 Å². The number of hydrogen-bond donors (Lipinski definition) is 3. The van der Waals surface area contributed by atoms with Crippen molar-refractivity contribution in [1.29, 1.82) is 0 Å². The molecule has 0 spiro atoms. The standard InChI is InChI=1S/C12H14N4O/c13-10-3-1-9(2-4-10)11(17)7-16-12-8-14-5-6-15-12/h1-6,8,11,17H,7,13H2,(H,15,16). The van der Waals surface area contributed by atoms with Crippen molar-refractivity contribution < 1.29 is 5.11 Å². The van der Waals surface area contributed by atoms with Crippen LogP contribution in [0.15, 0.2) is 42.9 Å². The molecule has 0 saturated carbocycles. The van der Waals surface area contributed by atoms with Crippen LogP contribution in [0.4, 0.5) is 11.5 Å². The molecule has 0 aliphatic carbocycles. The molecule has 88 valence electrons. The van der Waals surface area contributed by atoms with E-state index in [1.54, 1.807) is 42.9 Å². The van der Waals surface area contributed by atoms with Gasteiger partial charge in [0.1, 0.15) is 5.82 Å². The molecule has 0 radical (unpaired) electrons. The SMILES string of the molecule is Nc1ccc(C(O)CNc2cnccn2)cc1. The monoisotopic (exact) mass is 230 g/mol. The van der Waals surface area contributed by atoms with Gasteiger partial charge in [0.2, 0.25) is 0 Å². The Morgan fingerprint density at radius 1 is 1.24 bits per heavy atom. The number of hydrogen-bond acceptors (Lipinski definition) is 5. The van der Waals surface area contributed by atoms with Crippen LogP contribution in [0.5, 0.6) is 0 Å². The lowest BCUT2D eigenvalue weighted by Crippen LogP contribution is -2.13. The number of rotatable bonds is 4. The second kappa shape index (κ2) is 5.27. The van der Waals surface area contributed by atoms with Gasteiger partial charge in [0, 0.05) is 24.6 Å². The van der Waals surface area contributed by atoms with Crippen molar-refractivity contribution in [3.05, 3.63) is 48.4 Å². The third kappa shape index (κ3) is 3.15. The van der Waals surface area contributed by atoms with Gasteiger partial charge < -0.3 is 16.2 Å². The number of aromatic nitrogens is 2. The number of nitrogens with one attached hydrogen (secondary N) is 1. The summed E-state index contributed by atoms with van der Waals surface area (Å²) in [6, 6.07) is 7.14. The molecular formula is C12H14N4O. The zero-order valence-corrected chi connectivity index (χ0v) is 9.24. The summed E-state index contributed by atoms with van der Waals surface area (Å²) in [5.74, 6) is 0.641. The van der Waals surface area contributed by atoms with Crippen molar-refractivity contribution in [2.75, 3.05) is 17.6 Å². The van der Waals surface area contributed by atoms with E-state index in [9.17, 15) is 5.11 Å². The molecule has 1 atom stereocenters. The summed E-state index contributed by atoms with van der Waals surface area (Å²) in [4.78, 5) is 7.98. The highest BCUT2D eigenvalue weighted by Gasteiger charge is 2.06. The normalized spacial score (nSPS) is 12.1. The van der Waals surface area contributed by atoms with Crippen LogP contribution in [0.1, 0.15) is 11.7 Å². The molecule has 0 saturated heterocycles. The summed E-state index contributed by atoms with van der Waals surface area (Å²) in [5, 5.41) is 12.9. The van der Waals surface area contributed by atoms with Crippen molar-refractivity contribution in [3.8, 4) is 0 Å². The number of anilines is 2. The van der Waals surface area contributed by atoms with Crippen LogP contribution in [0.2, 0.25) is 0 Å². The number of aliphatic hydroxyl groups excluding tert-OH is 1. The molecule has 5 heteroatoms. The molecule has 0 aliphatic rings. The van der Waals surface area contributed by atoms with E-state index in [1.165, 1.54) is 0 Å². The molecule has 1 aromatic heterocycles. The van der Waals surface area contributed by atoms with E-state index < -0.39 is 6.10 Å². The first-order valence-corrected chi connectivity index (χ1v) is 5.29. The van der Waals surface area contributed by atoms with E-state index in [2.05, 4.69) is 15.3 Å². The van der Waals surface area contributed by atoms with Gasteiger partial charge in [-0.15, -0.1) is 0 Å². The Morgan fingerprint density at radius 2 is 2.00 bits per heavy atom. The van der Waals surface area contributed by atoms with Gasteiger partial charge in [-0.1, -0.05) is 12.1 Å². The summed E-state index contributed by atoms with van der Waals surface area (Å²) >= 11 is 0. The van der Waals surface area contributed by atoms with Crippen LogP contribution < -0.4 is 11.1 Å². The number of nitrogen functional groups attached to an aromatic ring is 1. The molecule has 5 nitrogen and oxygen atoms in total. The third-order valence-corrected chi connectivity index (χ3v) is 2.36. The summed E-state index contributed by atoms with van der Waals surface area (Å²) in [6.07, 6.45) is 4.20. The minimum absolute atomic E-state index is 0.378. The largest absolute Gasteiger partial charge is 0.399 e. The van der Waals surface area contributed by atoms with E-state index in [0.717, 1.165) is 5.56 Å². The first kappa shape index (κ1) is 11.3. The highest BCUT2D eigenvalue weighted by molar-refractivity contribution is 5.40. The first-order chi connectivity index (χ1) is 8.25. The maximum absolute atomic E-state index is 9.92. The molecule has 17 heavy (non-hydrogen) atoms. The van der Waals surface area contributed by atoms with E-state index in [4.69, 9.17) is 5.73 Å². The molecule has 1 unspecified atom stereocenters. The van der Waals surface area contributed by atoms with E-state index in [-0.39, 0.29) is 0 Å². The Hall–Kier alpha value is -2.14. The Labute approximate surface area is 99.3 Å². The zero-order chi connectivity index (χ0) is 12.1. The van der Waals surface area contributed by atoms with Crippen molar-refractivity contribution in [1.82, 2.24) is 9.97 Å². The smallest absolute Gasteiger partial charge is 0.144 e. The molecule has 2 aromatic rings. The predicted molar refractivity (Wildman–Crippen MR) is 66.3 cm³/mol. The molecule has 0 amide bonds. The van der Waals surface area contributed by atoms with Gasteiger partial charge >= 0.3 is 0 Å². The molecule has 0 fully saturated rings. The van der Waals surface area contributed by atoms with Crippen molar-refractivity contribution in [2.24, 2.45) is 0 Å². The van der Waals surface area contributed by atoms with Crippen LogP contribution in [-0.4, -0.2) is 21.6 Å². The second-order valence-electron chi connectivity index (χ2n) is 3.65. The van der Waals surface area contributed by atoms with Crippen LogP contribution in [0, 0.1) is 0 Å². The second-order valence-corrected chi connectivity index (χ2v) is 3.65. The summed E-state index contributed by atoms with van der Waals surface area (Å²) in [7, 11) is 0. The Kier molecular flexibility index (Phi) is 3.52. The topological polar surface area (TPSA) is 84.1 Å². The van der Waals surface area contributed by atoms with Gasteiger partial charge in [-0.3, -0.25) is 4.98 Å². The number of nitrogens with two attached hydrogens (primary N) is 1. The maximum atomic E-state index is 9.92. The zero-order valence-electron chi connectivity index (χ0n) is 9.24. The minimum Gasteiger partial charge on any atom is -0.399 e. The lowest BCUT2D eigenvalue weighted by Gasteiger charge is -2.12. The van der Waals surface area contributed by atoms with Gasteiger partial charge in [0.15, 0.2) is 0 Å². The number of nitrogens with zero attached hydrogens (tertiary/aromatic N) is 2. The van der Waals surface area contributed by atoms with Crippen LogP contribution >= 0.6 is 0 Å². The molecule has 1 heterocycles. The summed E-state index contributed by atoms with van der Waals surface area (Å²) in [6.45, 7) is 0.378. The molecule has 2 rings (SSSR count). The van der Waals surface area contributed by atoms with Gasteiger partial charge in [-0.05, 0) is 17.7 Å². The van der Waals surface area contributed by atoms with Crippen LogP contribution in [-0.2, 0) is 0 Å². The lowest BCUT2D eigenvalue weighted by atomic mass is 10.1. The fourth-order valence-electron chi connectivity index (χ4n) is 1.43. The molecule has 4 N–H and O–H groups in total. The maximum Gasteiger partial charge on any atom is 0.144 e. The fraction of sp³-hybridized carbons (Fsp3) is 0.167. The Morgan fingerprint density at radius 3 is 2.65 bits per heavy atom. The van der Waals surface area contributed by atoms with Gasteiger partial charge in [-0.2, -0.15) is 0 Å². The Bertz CT molecular complexity index is 458. The number of benzene rings is 1. The van der Waals surface area contributed by atoms with Gasteiger partial charge in [-0.25, -0.2) is 4.98 Å². The van der Waals surface area contributed by atoms with E-state index in [1.807, 2.05) is 0 Å². The summed E-state index contributed by atoms with van der Waals surface area (Å²) < 4.78 is 0. The Balaban J connectivity index is 1.93. The van der Waals surface area contributed by atoms with E-state index >= 15 is 0 Å². The predicted octanol–water partition coefficient (Wildman–Crippen LogP) is 1.20. The summed E-state index contributed by atoms with van der Waals surface area (Å²) in [5.41, 5.74) is 7.07. The average Bonchev–Trinajstić information content (AvgIpc) is 2.38. The molecule has 0 aliphatic heterocycles. The molecule has 0 bridgehead atoms. The van der Waals surface area contributed by atoms with Gasteiger partial charge in [0.05, 0.1) is 12.3 Å². The lowest BCUT2D eigenvalue weighted by molar-refractivity contribution is 0.191. The highest BCUT2D eigenvalue weighted by Crippen LogP contribution is 2.15. The van der Waals surface area contributed by atoms with Crippen molar-refractivity contribution in [2.45, 2.75) is 6.10 Å². The fourth-order valence-corrected chi connectivity index (χ4v) is 1.43. The van der Waals surface area contributed by atoms with Crippen molar-refractivity contribution >= 4 is 11.5 Å². The first-order valence-electron chi connectivity index (χ1n) is 5.29.